The minimum atomic E-state index is -4.31. The summed E-state index contributed by atoms with van der Waals surface area (Å²) in [7, 11) is 0. The van der Waals surface area contributed by atoms with Gasteiger partial charge in [0.05, 0.1) is 11.8 Å². The number of hydrogen-bond acceptors (Lipinski definition) is 4. The summed E-state index contributed by atoms with van der Waals surface area (Å²) < 4.78 is 39.2. The van der Waals surface area contributed by atoms with Crippen molar-refractivity contribution in [2.75, 3.05) is 13.1 Å². The summed E-state index contributed by atoms with van der Waals surface area (Å²) in [5.74, 6) is -3.06. The Morgan fingerprint density at radius 2 is 1.95 bits per heavy atom. The van der Waals surface area contributed by atoms with E-state index >= 15 is 0 Å². The molecule has 2 saturated heterocycles. The van der Waals surface area contributed by atoms with Gasteiger partial charge in [-0.05, 0) is 25.8 Å². The molecular weight excluding hydrogens is 315 g/mol. The van der Waals surface area contributed by atoms with Crippen LogP contribution < -0.4 is 16.0 Å². The van der Waals surface area contributed by atoms with E-state index in [1.54, 1.807) is 11.8 Å². The van der Waals surface area contributed by atoms with Gasteiger partial charge < -0.3 is 10.6 Å². The SMILES string of the molecule is O=C(NC1NC2CCCCC2S1)C1CNCCC1C(F)(F)F. The van der Waals surface area contributed by atoms with Crippen molar-refractivity contribution < 1.29 is 18.0 Å². The second-order valence-corrected chi connectivity index (χ2v) is 7.72. The van der Waals surface area contributed by atoms with Crippen LogP contribution in [0, 0.1) is 11.8 Å². The van der Waals surface area contributed by atoms with Gasteiger partial charge in [0, 0.05) is 17.8 Å². The quantitative estimate of drug-likeness (QED) is 0.720. The van der Waals surface area contributed by atoms with E-state index in [-0.39, 0.29) is 18.5 Å². The smallest absolute Gasteiger partial charge is 0.331 e. The molecule has 22 heavy (non-hydrogen) atoms. The Bertz CT molecular complexity index is 407. The Hall–Kier alpha value is -0.470. The first kappa shape index (κ1) is 16.4. The highest BCUT2D eigenvalue weighted by Gasteiger charge is 2.49. The monoisotopic (exact) mass is 337 g/mol. The molecule has 0 aromatic rings. The Morgan fingerprint density at radius 1 is 1.18 bits per heavy atom. The average Bonchev–Trinajstić information content (AvgIpc) is 2.88. The van der Waals surface area contributed by atoms with Crippen LogP contribution in [0.1, 0.15) is 32.1 Å². The lowest BCUT2D eigenvalue weighted by Crippen LogP contribution is -2.53. The lowest BCUT2D eigenvalue weighted by molar-refractivity contribution is -0.196. The van der Waals surface area contributed by atoms with Crippen molar-refractivity contribution in [1.82, 2.24) is 16.0 Å². The molecule has 3 aliphatic rings. The molecule has 5 unspecified atom stereocenters. The number of carbonyl (C=O) groups excluding carboxylic acids is 1. The van der Waals surface area contributed by atoms with Gasteiger partial charge in [0.1, 0.15) is 5.50 Å². The van der Waals surface area contributed by atoms with Crippen molar-refractivity contribution in [3.8, 4) is 0 Å². The number of fused-ring (bicyclic) bond motifs is 1. The summed E-state index contributed by atoms with van der Waals surface area (Å²) in [6.45, 7) is 0.411. The van der Waals surface area contributed by atoms with Crippen LogP contribution in [-0.4, -0.2) is 42.0 Å². The van der Waals surface area contributed by atoms with Crippen LogP contribution in [0.2, 0.25) is 0 Å². The van der Waals surface area contributed by atoms with Crippen LogP contribution >= 0.6 is 11.8 Å². The number of thioether (sulfide) groups is 1. The second-order valence-electron chi connectivity index (χ2n) is 6.37. The first-order chi connectivity index (χ1) is 10.4. The van der Waals surface area contributed by atoms with Gasteiger partial charge >= 0.3 is 6.18 Å². The van der Waals surface area contributed by atoms with E-state index in [9.17, 15) is 18.0 Å². The van der Waals surface area contributed by atoms with E-state index < -0.39 is 23.9 Å². The van der Waals surface area contributed by atoms with Crippen molar-refractivity contribution in [1.29, 1.82) is 0 Å². The maximum atomic E-state index is 13.1. The Balaban J connectivity index is 1.59. The number of amides is 1. The van der Waals surface area contributed by atoms with Gasteiger partial charge in [0.15, 0.2) is 0 Å². The van der Waals surface area contributed by atoms with E-state index in [0.717, 1.165) is 12.8 Å². The molecule has 2 aliphatic heterocycles. The first-order valence-corrected chi connectivity index (χ1v) is 8.89. The molecule has 0 aromatic carbocycles. The number of halogens is 3. The molecular formula is C14H22F3N3OS. The van der Waals surface area contributed by atoms with Gasteiger partial charge in [-0.3, -0.25) is 10.1 Å². The van der Waals surface area contributed by atoms with E-state index in [0.29, 0.717) is 17.8 Å². The molecule has 1 aliphatic carbocycles. The van der Waals surface area contributed by atoms with Gasteiger partial charge in [-0.2, -0.15) is 13.2 Å². The van der Waals surface area contributed by atoms with Gasteiger partial charge in [0.2, 0.25) is 5.91 Å². The topological polar surface area (TPSA) is 53.2 Å². The molecule has 2 heterocycles. The van der Waals surface area contributed by atoms with E-state index in [1.165, 1.54) is 12.8 Å². The number of alkyl halides is 3. The standard InChI is InChI=1S/C14H22F3N3OS/c15-14(16,17)9-5-6-18-7-8(9)12(21)20-13-19-10-3-1-2-4-11(10)22-13/h8-11,13,18-19H,1-7H2,(H,20,21). The van der Waals surface area contributed by atoms with E-state index in [2.05, 4.69) is 16.0 Å². The van der Waals surface area contributed by atoms with Gasteiger partial charge in [-0.15, -0.1) is 11.8 Å². The molecule has 1 saturated carbocycles. The summed E-state index contributed by atoms with van der Waals surface area (Å²) in [4.78, 5) is 12.3. The maximum Gasteiger partial charge on any atom is 0.392 e. The van der Waals surface area contributed by atoms with Crippen LogP contribution in [0.15, 0.2) is 0 Å². The molecule has 0 spiro atoms. The first-order valence-electron chi connectivity index (χ1n) is 7.94. The third kappa shape index (κ3) is 3.54. The average molecular weight is 337 g/mol. The molecule has 3 N–H and O–H groups in total. The fourth-order valence-corrected chi connectivity index (χ4v) is 5.19. The van der Waals surface area contributed by atoms with Crippen molar-refractivity contribution >= 4 is 17.7 Å². The zero-order chi connectivity index (χ0) is 15.7. The summed E-state index contributed by atoms with van der Waals surface area (Å²) in [6, 6.07) is 0.381. The molecule has 4 nitrogen and oxygen atoms in total. The number of carbonyl (C=O) groups is 1. The molecule has 3 fully saturated rings. The minimum Gasteiger partial charge on any atom is -0.331 e. The fraction of sp³-hybridized carbons (Fsp3) is 0.929. The summed E-state index contributed by atoms with van der Waals surface area (Å²) in [5, 5.41) is 9.50. The molecule has 0 bridgehead atoms. The number of rotatable bonds is 2. The number of hydrogen-bond donors (Lipinski definition) is 3. The van der Waals surface area contributed by atoms with Gasteiger partial charge in [0.25, 0.3) is 0 Å². The van der Waals surface area contributed by atoms with Crippen LogP contribution in [0.4, 0.5) is 13.2 Å². The highest BCUT2D eigenvalue weighted by molar-refractivity contribution is 8.00. The lowest BCUT2D eigenvalue weighted by atomic mass is 9.85. The maximum absolute atomic E-state index is 13.1. The molecule has 1 amide bonds. The molecule has 126 valence electrons. The normalized spacial score (nSPS) is 39.3. The van der Waals surface area contributed by atoms with Crippen LogP contribution in [0.3, 0.4) is 0 Å². The van der Waals surface area contributed by atoms with Crippen LogP contribution in [-0.2, 0) is 4.79 Å². The van der Waals surface area contributed by atoms with Crippen molar-refractivity contribution in [2.45, 2.75) is 55.1 Å². The largest absolute Gasteiger partial charge is 0.392 e. The van der Waals surface area contributed by atoms with Crippen molar-refractivity contribution in [2.24, 2.45) is 11.8 Å². The van der Waals surface area contributed by atoms with Gasteiger partial charge in [-0.1, -0.05) is 12.8 Å². The number of nitrogens with one attached hydrogen (secondary N) is 3. The minimum absolute atomic E-state index is 0.0297. The Kier molecular flexibility index (Phi) is 4.89. The highest BCUT2D eigenvalue weighted by Crippen LogP contribution is 2.38. The molecule has 3 rings (SSSR count). The fourth-order valence-electron chi connectivity index (χ4n) is 3.70. The molecule has 0 aromatic heterocycles. The predicted molar refractivity (Wildman–Crippen MR) is 79.2 cm³/mol. The third-order valence-corrected chi connectivity index (χ3v) is 6.33. The van der Waals surface area contributed by atoms with Crippen LogP contribution in [0.5, 0.6) is 0 Å². The van der Waals surface area contributed by atoms with Crippen molar-refractivity contribution in [3.63, 3.8) is 0 Å². The summed E-state index contributed by atoms with van der Waals surface area (Å²) in [6.07, 6.45) is 0.231. The van der Waals surface area contributed by atoms with Crippen molar-refractivity contribution in [3.05, 3.63) is 0 Å². The highest BCUT2D eigenvalue weighted by atomic mass is 32.2. The number of piperidine rings is 1. The second kappa shape index (κ2) is 6.57. The lowest BCUT2D eigenvalue weighted by Gasteiger charge is -2.33. The molecule has 8 heteroatoms. The summed E-state index contributed by atoms with van der Waals surface area (Å²) >= 11 is 1.65. The Labute approximate surface area is 132 Å². The zero-order valence-corrected chi connectivity index (χ0v) is 13.1. The third-order valence-electron chi connectivity index (χ3n) is 4.89. The van der Waals surface area contributed by atoms with Gasteiger partial charge in [-0.25, -0.2) is 0 Å². The predicted octanol–water partition coefficient (Wildman–Crippen LogP) is 1.82. The van der Waals surface area contributed by atoms with E-state index in [1.807, 2.05) is 0 Å². The molecule has 5 atom stereocenters. The molecule has 0 radical (unpaired) electrons. The van der Waals surface area contributed by atoms with E-state index in [4.69, 9.17) is 0 Å². The van der Waals surface area contributed by atoms with Crippen LogP contribution in [0.25, 0.3) is 0 Å². The summed E-state index contributed by atoms with van der Waals surface area (Å²) in [5.41, 5.74) is -0.253. The Morgan fingerprint density at radius 3 is 2.68 bits per heavy atom. The zero-order valence-electron chi connectivity index (χ0n) is 12.3.